The highest BCUT2D eigenvalue weighted by Crippen LogP contribution is 2.36. The van der Waals surface area contributed by atoms with Gasteiger partial charge in [0.05, 0.1) is 37.6 Å². The number of pyridine rings is 2. The zero-order chi connectivity index (χ0) is 49.8. The zero-order valence-electron chi connectivity index (χ0n) is 40.6. The van der Waals surface area contributed by atoms with E-state index >= 15 is 0 Å². The molecule has 2 unspecified atom stereocenters. The van der Waals surface area contributed by atoms with E-state index in [1.165, 1.54) is 26.5 Å². The fraction of sp³-hybridized carbons (Fsp3) is 0.480. The van der Waals surface area contributed by atoms with E-state index in [2.05, 4.69) is 31.5 Å². The Hall–Kier alpha value is -6.08. The Labute approximate surface area is 407 Å². The van der Waals surface area contributed by atoms with Gasteiger partial charge in [-0.3, -0.25) is 19.0 Å². The van der Waals surface area contributed by atoms with Gasteiger partial charge in [-0.2, -0.15) is 0 Å². The van der Waals surface area contributed by atoms with E-state index in [1.807, 2.05) is 36.4 Å². The number of fused-ring (bicyclic) bond motifs is 2. The average molecular weight is 986 g/mol. The van der Waals surface area contributed by atoms with Gasteiger partial charge in [-0.15, -0.1) is 0 Å². The number of aromatic nitrogens is 2. The molecule has 3 N–H and O–H groups in total. The van der Waals surface area contributed by atoms with Crippen LogP contribution in [-0.2, 0) is 78.5 Å². The summed E-state index contributed by atoms with van der Waals surface area (Å²) >= 11 is 0. The number of carbonyl (C=O) groups is 4. The number of amides is 4. The molecule has 4 aliphatic rings. The first-order chi connectivity index (χ1) is 32.6. The van der Waals surface area contributed by atoms with Crippen molar-refractivity contribution in [2.45, 2.75) is 115 Å². The third-order valence-corrected chi connectivity index (χ3v) is 15.3. The van der Waals surface area contributed by atoms with Crippen molar-refractivity contribution in [1.29, 1.82) is 4.78 Å². The van der Waals surface area contributed by atoms with E-state index in [-0.39, 0.29) is 37.1 Å². The average Bonchev–Trinajstić information content (AvgIpc) is 3.92. The number of rotatable bonds is 12. The molecule has 0 spiro atoms. The Kier molecular flexibility index (Phi) is 15.4. The van der Waals surface area contributed by atoms with Gasteiger partial charge in [0.15, 0.2) is 0 Å². The summed E-state index contributed by atoms with van der Waals surface area (Å²) in [5.41, 5.74) is 9.13. The molecule has 4 heterocycles. The molecule has 0 bridgehead atoms. The Morgan fingerprint density at radius 1 is 0.696 bits per heavy atom. The van der Waals surface area contributed by atoms with E-state index in [0.717, 1.165) is 77.5 Å². The Balaban J connectivity index is 0.000000204. The second-order valence-corrected chi connectivity index (χ2v) is 23.2. The monoisotopic (exact) mass is 985 g/mol. The van der Waals surface area contributed by atoms with E-state index < -0.39 is 55.4 Å². The van der Waals surface area contributed by atoms with Crippen LogP contribution in [0.4, 0.5) is 9.59 Å². The van der Waals surface area contributed by atoms with Crippen LogP contribution in [0.25, 0.3) is 22.3 Å². The highest BCUT2D eigenvalue weighted by Gasteiger charge is 2.41. The summed E-state index contributed by atoms with van der Waals surface area (Å²) in [5.74, 6) is 0.223. The van der Waals surface area contributed by atoms with Crippen molar-refractivity contribution in [1.82, 2.24) is 29.2 Å². The van der Waals surface area contributed by atoms with E-state index in [0.29, 0.717) is 24.8 Å². The molecule has 4 amide bonds. The SMILES string of the molecule is COc1cc(-c2ccc3c(c2CC(=O)NS(=N)(=O)C2CN(C(=O)OC(C)(C)C)C2)CCC3)ccn1.COc1cc(-c2ccc3c(c2CC(=O)NS(=O)C2CN(C(=O)OC(C)(C)C)C2)CCC3)ccn1. The summed E-state index contributed by atoms with van der Waals surface area (Å²) in [4.78, 5) is 61.5. The first-order valence-electron chi connectivity index (χ1n) is 23.1. The second kappa shape index (κ2) is 20.9. The predicted molar refractivity (Wildman–Crippen MR) is 262 cm³/mol. The van der Waals surface area contributed by atoms with Crippen molar-refractivity contribution in [3.05, 3.63) is 94.3 Å². The van der Waals surface area contributed by atoms with Gasteiger partial charge in [-0.05, 0) is 148 Å². The standard InChI is InChI=1S/C25H32N4O5S.C25H31N3O5S/c1-25(2,3)34-24(31)29-14-18(15-29)35(26,32)28-22(30)13-21-19-7-5-6-16(19)8-9-20(21)17-10-11-27-23(12-17)33-4;1-25(2,3)33-24(30)28-14-18(15-28)34(31)27-22(29)13-21-19-7-5-6-16(19)8-9-20(21)17-10-11-26-23(12-17)32-4/h8-12,18H,5-7,13-15H2,1-4H3,(H2,26,28,30,32);8-12,18H,5-7,13-15H2,1-4H3,(H,27,29). The number of likely N-dealkylation sites (tertiary alicyclic amines) is 2. The topological polar surface area (TPSA) is 220 Å². The van der Waals surface area contributed by atoms with E-state index in [9.17, 15) is 27.6 Å². The smallest absolute Gasteiger partial charge is 0.410 e. The third-order valence-electron chi connectivity index (χ3n) is 12.2. The summed E-state index contributed by atoms with van der Waals surface area (Å²) < 4.78 is 60.3. The lowest BCUT2D eigenvalue weighted by Crippen LogP contribution is -2.60. The van der Waals surface area contributed by atoms with Gasteiger partial charge in [0, 0.05) is 50.7 Å². The first-order valence-corrected chi connectivity index (χ1v) is 26.0. The van der Waals surface area contributed by atoms with Crippen LogP contribution in [0.2, 0.25) is 0 Å². The maximum Gasteiger partial charge on any atom is 0.410 e. The summed E-state index contributed by atoms with van der Waals surface area (Å²) in [6, 6.07) is 15.7. The van der Waals surface area contributed by atoms with Gasteiger partial charge in [-0.1, -0.05) is 24.3 Å². The maximum absolute atomic E-state index is 13.0. The predicted octanol–water partition coefficient (Wildman–Crippen LogP) is 6.67. The molecule has 0 saturated carbocycles. The van der Waals surface area contributed by atoms with Crippen LogP contribution in [0.15, 0.2) is 60.9 Å². The molecule has 69 heavy (non-hydrogen) atoms. The number of hydrogen-bond acceptors (Lipinski definition) is 13. The molecule has 2 aliphatic carbocycles. The minimum atomic E-state index is -3.43. The fourth-order valence-electron chi connectivity index (χ4n) is 8.82. The number of nitrogens with one attached hydrogen (secondary N) is 3. The number of hydrogen-bond donors (Lipinski definition) is 3. The van der Waals surface area contributed by atoms with Gasteiger partial charge in [-0.25, -0.2) is 32.8 Å². The highest BCUT2D eigenvalue weighted by molar-refractivity contribution is 7.91. The Morgan fingerprint density at radius 2 is 1.14 bits per heavy atom. The van der Waals surface area contributed by atoms with E-state index in [4.69, 9.17) is 23.7 Å². The minimum Gasteiger partial charge on any atom is -0.481 e. The lowest BCUT2D eigenvalue weighted by atomic mass is 9.91. The van der Waals surface area contributed by atoms with Crippen molar-refractivity contribution < 1.29 is 46.5 Å². The van der Waals surface area contributed by atoms with Gasteiger partial charge in [0.1, 0.15) is 32.1 Å². The van der Waals surface area contributed by atoms with Crippen LogP contribution in [0.1, 0.15) is 87.8 Å². The molecule has 8 rings (SSSR count). The number of carbonyl (C=O) groups excluding carboxylic acids is 4. The van der Waals surface area contributed by atoms with Crippen molar-refractivity contribution in [3.8, 4) is 34.0 Å². The number of benzene rings is 2. The van der Waals surface area contributed by atoms with Crippen molar-refractivity contribution >= 4 is 44.9 Å². The molecule has 2 aromatic heterocycles. The van der Waals surface area contributed by atoms with Crippen molar-refractivity contribution in [2.24, 2.45) is 0 Å². The Bertz CT molecular complexity index is 2740. The molecule has 2 saturated heterocycles. The molecule has 17 nitrogen and oxygen atoms in total. The molecular formula is C50H63N7O10S2. The number of ether oxygens (including phenoxy) is 4. The lowest BCUT2D eigenvalue weighted by Gasteiger charge is -2.40. The van der Waals surface area contributed by atoms with Gasteiger partial charge < -0.3 is 28.7 Å². The molecule has 0 radical (unpaired) electrons. The first kappa shape index (κ1) is 50.8. The van der Waals surface area contributed by atoms with Gasteiger partial charge in [0.25, 0.3) is 0 Å². The molecule has 2 atom stereocenters. The van der Waals surface area contributed by atoms with Crippen LogP contribution in [0.3, 0.4) is 0 Å². The highest BCUT2D eigenvalue weighted by atomic mass is 32.2. The van der Waals surface area contributed by atoms with Crippen LogP contribution in [0.5, 0.6) is 11.8 Å². The second-order valence-electron chi connectivity index (χ2n) is 19.7. The number of aryl methyl sites for hydroxylation is 2. The minimum absolute atomic E-state index is 0.0154. The summed E-state index contributed by atoms with van der Waals surface area (Å²) in [6.07, 6.45) is 8.40. The molecule has 19 heteroatoms. The molecule has 2 fully saturated rings. The van der Waals surface area contributed by atoms with Gasteiger partial charge >= 0.3 is 12.2 Å². The molecular weight excluding hydrogens is 923 g/mol. The molecule has 2 aromatic carbocycles. The lowest BCUT2D eigenvalue weighted by molar-refractivity contribution is -0.119. The van der Waals surface area contributed by atoms with Crippen LogP contribution in [-0.4, -0.2) is 114 Å². The summed E-state index contributed by atoms with van der Waals surface area (Å²) in [5, 5.41) is -0.939. The third kappa shape index (κ3) is 12.6. The van der Waals surface area contributed by atoms with Gasteiger partial charge in [0.2, 0.25) is 23.6 Å². The van der Waals surface area contributed by atoms with E-state index in [1.54, 1.807) is 68.2 Å². The van der Waals surface area contributed by atoms with Crippen molar-refractivity contribution in [3.63, 3.8) is 0 Å². The maximum atomic E-state index is 13.0. The van der Waals surface area contributed by atoms with Crippen molar-refractivity contribution in [2.75, 3.05) is 40.4 Å². The van der Waals surface area contributed by atoms with Crippen LogP contribution >= 0.6 is 0 Å². The fourth-order valence-corrected chi connectivity index (χ4v) is 11.3. The molecule has 4 aromatic rings. The van der Waals surface area contributed by atoms with Crippen LogP contribution < -0.4 is 18.9 Å². The van der Waals surface area contributed by atoms with Crippen LogP contribution in [0, 0.1) is 4.78 Å². The number of nitrogens with zero attached hydrogens (tertiary/aromatic N) is 4. The summed E-state index contributed by atoms with van der Waals surface area (Å²) in [6.45, 7) is 11.5. The summed E-state index contributed by atoms with van der Waals surface area (Å²) in [7, 11) is -1.88. The molecule has 370 valence electrons. The normalized spacial score (nSPS) is 16.8. The Morgan fingerprint density at radius 3 is 1.59 bits per heavy atom. The quantitative estimate of drug-likeness (QED) is 0.136. The molecule has 2 aliphatic heterocycles. The number of methoxy groups -OCH3 is 2. The largest absolute Gasteiger partial charge is 0.481 e. The zero-order valence-corrected chi connectivity index (χ0v) is 42.2.